The first-order chi connectivity index (χ1) is 13.9. The highest BCUT2D eigenvalue weighted by Crippen LogP contribution is 2.38. The molecule has 0 aromatic heterocycles. The third kappa shape index (κ3) is 3.62. The standard InChI is InChI=1S/C22H24N2O4S/c1-3-14-10-11-17(13-20(14)28-2)29(26,27)24-22(25)23-21-18-8-4-6-15(18)12-16-7-5-9-19(16)21/h3,10-13H,1,4-9H2,2H3,(H2,23,24,25). The van der Waals surface area contributed by atoms with Gasteiger partial charge in [0.05, 0.1) is 12.0 Å². The third-order valence-electron chi connectivity index (χ3n) is 5.67. The molecule has 0 spiro atoms. The fourth-order valence-electron chi connectivity index (χ4n) is 4.31. The molecule has 2 amide bonds. The number of fused-ring (bicyclic) bond motifs is 2. The quantitative estimate of drug-likeness (QED) is 0.782. The number of hydrogen-bond acceptors (Lipinski definition) is 4. The molecule has 29 heavy (non-hydrogen) atoms. The van der Waals surface area contributed by atoms with Crippen LogP contribution in [0.15, 0.2) is 35.7 Å². The Hall–Kier alpha value is -2.80. The number of carbonyl (C=O) groups excluding carboxylic acids is 1. The van der Waals surface area contributed by atoms with Crippen LogP contribution in [0.1, 0.15) is 40.7 Å². The van der Waals surface area contributed by atoms with Crippen molar-refractivity contribution in [3.63, 3.8) is 0 Å². The number of anilines is 1. The summed E-state index contributed by atoms with van der Waals surface area (Å²) in [7, 11) is -2.59. The summed E-state index contributed by atoms with van der Waals surface area (Å²) < 4.78 is 32.8. The van der Waals surface area contributed by atoms with Crippen LogP contribution in [-0.2, 0) is 35.7 Å². The van der Waals surface area contributed by atoms with E-state index in [0.717, 1.165) is 55.3 Å². The van der Waals surface area contributed by atoms with Crippen LogP contribution in [0.5, 0.6) is 5.75 Å². The topological polar surface area (TPSA) is 84.5 Å². The number of urea groups is 1. The number of hydrogen-bond donors (Lipinski definition) is 2. The van der Waals surface area contributed by atoms with Crippen molar-refractivity contribution in [2.24, 2.45) is 0 Å². The van der Waals surface area contributed by atoms with E-state index >= 15 is 0 Å². The second-order valence-corrected chi connectivity index (χ2v) is 9.08. The van der Waals surface area contributed by atoms with Gasteiger partial charge in [-0.2, -0.15) is 0 Å². The molecule has 7 heteroatoms. The number of rotatable bonds is 5. The number of sulfonamides is 1. The van der Waals surface area contributed by atoms with Crippen molar-refractivity contribution < 1.29 is 17.9 Å². The van der Waals surface area contributed by atoms with E-state index in [-0.39, 0.29) is 4.90 Å². The van der Waals surface area contributed by atoms with Crippen molar-refractivity contribution in [1.29, 1.82) is 0 Å². The van der Waals surface area contributed by atoms with Gasteiger partial charge in [-0.1, -0.05) is 18.7 Å². The third-order valence-corrected chi connectivity index (χ3v) is 7.00. The molecule has 6 nitrogen and oxygen atoms in total. The summed E-state index contributed by atoms with van der Waals surface area (Å²) in [6.07, 6.45) is 7.52. The Balaban J connectivity index is 1.59. The largest absolute Gasteiger partial charge is 0.496 e. The van der Waals surface area contributed by atoms with Gasteiger partial charge in [-0.05, 0) is 72.9 Å². The van der Waals surface area contributed by atoms with Gasteiger partial charge in [0.2, 0.25) is 0 Å². The van der Waals surface area contributed by atoms with Crippen LogP contribution in [0.4, 0.5) is 10.5 Å². The Kier molecular flexibility index (Phi) is 5.08. The molecule has 2 aliphatic rings. The number of benzene rings is 2. The van der Waals surface area contributed by atoms with Crippen molar-refractivity contribution in [3.05, 3.63) is 58.7 Å². The lowest BCUT2D eigenvalue weighted by atomic mass is 9.99. The zero-order chi connectivity index (χ0) is 20.6. The van der Waals surface area contributed by atoms with E-state index in [2.05, 4.69) is 22.7 Å². The average Bonchev–Trinajstić information content (AvgIpc) is 3.36. The maximum atomic E-state index is 12.7. The van der Waals surface area contributed by atoms with E-state index in [1.54, 1.807) is 12.1 Å². The summed E-state index contributed by atoms with van der Waals surface area (Å²) >= 11 is 0. The van der Waals surface area contributed by atoms with Gasteiger partial charge in [0.1, 0.15) is 5.75 Å². The molecule has 0 fully saturated rings. The Bertz CT molecular complexity index is 1070. The summed E-state index contributed by atoms with van der Waals surface area (Å²) in [5, 5.41) is 2.84. The van der Waals surface area contributed by atoms with E-state index in [4.69, 9.17) is 4.74 Å². The van der Waals surface area contributed by atoms with Crippen molar-refractivity contribution in [2.45, 2.75) is 43.4 Å². The van der Waals surface area contributed by atoms with E-state index in [9.17, 15) is 13.2 Å². The number of aryl methyl sites for hydroxylation is 2. The fraction of sp³-hybridized carbons (Fsp3) is 0.318. The Morgan fingerprint density at radius 3 is 2.31 bits per heavy atom. The van der Waals surface area contributed by atoms with Crippen molar-refractivity contribution in [1.82, 2.24) is 4.72 Å². The number of nitrogens with one attached hydrogen (secondary N) is 2. The van der Waals surface area contributed by atoms with Crippen molar-refractivity contribution >= 4 is 27.8 Å². The van der Waals surface area contributed by atoms with E-state index in [1.165, 1.54) is 30.4 Å². The van der Waals surface area contributed by atoms with Gasteiger partial charge in [-0.3, -0.25) is 0 Å². The first-order valence-electron chi connectivity index (χ1n) is 9.73. The summed E-state index contributed by atoms with van der Waals surface area (Å²) in [5.74, 6) is 0.377. The normalized spacial score (nSPS) is 14.8. The minimum absolute atomic E-state index is 0.0429. The number of methoxy groups -OCH3 is 1. The van der Waals surface area contributed by atoms with E-state index < -0.39 is 16.1 Å². The minimum Gasteiger partial charge on any atom is -0.496 e. The second-order valence-electron chi connectivity index (χ2n) is 7.40. The first-order valence-corrected chi connectivity index (χ1v) is 11.2. The lowest BCUT2D eigenvalue weighted by Crippen LogP contribution is -2.35. The van der Waals surface area contributed by atoms with Gasteiger partial charge in [-0.25, -0.2) is 17.9 Å². The molecule has 2 N–H and O–H groups in total. The highest BCUT2D eigenvalue weighted by atomic mass is 32.2. The zero-order valence-electron chi connectivity index (χ0n) is 16.4. The van der Waals surface area contributed by atoms with Gasteiger partial charge in [0, 0.05) is 17.3 Å². The van der Waals surface area contributed by atoms with Crippen LogP contribution in [-0.4, -0.2) is 21.6 Å². The van der Waals surface area contributed by atoms with Crippen LogP contribution < -0.4 is 14.8 Å². The number of amides is 2. The molecule has 152 valence electrons. The molecule has 0 aliphatic heterocycles. The van der Waals surface area contributed by atoms with E-state index in [0.29, 0.717) is 11.3 Å². The van der Waals surface area contributed by atoms with Gasteiger partial charge >= 0.3 is 6.03 Å². The first kappa shape index (κ1) is 19.5. The maximum absolute atomic E-state index is 12.7. The van der Waals surface area contributed by atoms with Crippen LogP contribution in [0.2, 0.25) is 0 Å². The van der Waals surface area contributed by atoms with Crippen molar-refractivity contribution in [3.8, 4) is 5.75 Å². The van der Waals surface area contributed by atoms with Crippen LogP contribution in [0, 0.1) is 0 Å². The van der Waals surface area contributed by atoms with Crippen LogP contribution in [0.25, 0.3) is 6.08 Å². The highest BCUT2D eigenvalue weighted by molar-refractivity contribution is 7.90. The molecule has 0 bridgehead atoms. The number of ether oxygens (including phenoxy) is 1. The Labute approximate surface area is 171 Å². The lowest BCUT2D eigenvalue weighted by molar-refractivity contribution is 0.256. The van der Waals surface area contributed by atoms with Crippen molar-refractivity contribution in [2.75, 3.05) is 12.4 Å². The predicted molar refractivity (Wildman–Crippen MR) is 113 cm³/mol. The molecule has 2 aromatic carbocycles. The van der Waals surface area contributed by atoms with Gasteiger partial charge in [-0.15, -0.1) is 0 Å². The molecule has 2 aliphatic carbocycles. The molecule has 0 saturated carbocycles. The smallest absolute Gasteiger partial charge is 0.333 e. The summed E-state index contributed by atoms with van der Waals surface area (Å²) in [6, 6.07) is 5.91. The SMILES string of the molecule is C=Cc1ccc(S(=O)(=O)NC(=O)Nc2c3c(cc4c2CCC4)CCC3)cc1OC. The highest BCUT2D eigenvalue weighted by Gasteiger charge is 2.26. The molecule has 0 atom stereocenters. The Morgan fingerprint density at radius 2 is 1.72 bits per heavy atom. The van der Waals surface area contributed by atoms with Crippen LogP contribution in [0.3, 0.4) is 0 Å². The molecule has 0 heterocycles. The fourth-order valence-corrected chi connectivity index (χ4v) is 5.24. The van der Waals surface area contributed by atoms with Gasteiger partial charge in [0.25, 0.3) is 10.0 Å². The zero-order valence-corrected chi connectivity index (χ0v) is 17.2. The summed E-state index contributed by atoms with van der Waals surface area (Å²) in [6.45, 7) is 3.67. The maximum Gasteiger partial charge on any atom is 0.333 e. The molecule has 0 radical (unpaired) electrons. The molecular formula is C22H24N2O4S. The average molecular weight is 413 g/mol. The summed E-state index contributed by atoms with van der Waals surface area (Å²) in [5.41, 5.74) is 6.32. The predicted octanol–water partition coefficient (Wildman–Crippen LogP) is 3.83. The number of carbonyl (C=O) groups is 1. The molecule has 0 saturated heterocycles. The second kappa shape index (κ2) is 7.55. The lowest BCUT2D eigenvalue weighted by Gasteiger charge is -2.17. The monoisotopic (exact) mass is 412 g/mol. The van der Waals surface area contributed by atoms with Gasteiger partial charge < -0.3 is 10.1 Å². The molecular weight excluding hydrogens is 388 g/mol. The van der Waals surface area contributed by atoms with E-state index in [1.807, 2.05) is 0 Å². The minimum atomic E-state index is -4.04. The van der Waals surface area contributed by atoms with Gasteiger partial charge in [0.15, 0.2) is 0 Å². The molecule has 4 rings (SSSR count). The molecule has 2 aromatic rings. The van der Waals surface area contributed by atoms with Crippen LogP contribution >= 0.6 is 0 Å². The molecule has 0 unspecified atom stereocenters. The Morgan fingerprint density at radius 1 is 1.07 bits per heavy atom. The summed E-state index contributed by atoms with van der Waals surface area (Å²) in [4.78, 5) is 12.6.